The second-order valence-electron chi connectivity index (χ2n) is 6.97. The number of hydrogen-bond acceptors (Lipinski definition) is 3. The summed E-state index contributed by atoms with van der Waals surface area (Å²) in [6.07, 6.45) is 4.66. The molecule has 25 heavy (non-hydrogen) atoms. The average Bonchev–Trinajstić information content (AvgIpc) is 3.47. The Morgan fingerprint density at radius 1 is 1.12 bits per heavy atom. The molecule has 1 aliphatic carbocycles. The summed E-state index contributed by atoms with van der Waals surface area (Å²) in [4.78, 5) is 21.6. The van der Waals surface area contributed by atoms with E-state index in [-0.39, 0.29) is 5.91 Å². The lowest BCUT2D eigenvalue weighted by Crippen LogP contribution is -2.49. The molecule has 1 amide bonds. The third-order valence-corrected chi connectivity index (χ3v) is 5.80. The number of aryl methyl sites for hydroxylation is 1. The topological polar surface area (TPSA) is 36.4 Å². The van der Waals surface area contributed by atoms with Crippen molar-refractivity contribution in [3.05, 3.63) is 56.8 Å². The van der Waals surface area contributed by atoms with E-state index in [1.807, 2.05) is 35.4 Å². The Hall–Kier alpha value is -1.63. The normalized spacial score (nSPS) is 17.7. The molecular weight excluding hydrogens is 425 g/mol. The van der Waals surface area contributed by atoms with Crippen molar-refractivity contribution in [1.29, 1.82) is 0 Å². The molecule has 1 aliphatic heterocycles. The van der Waals surface area contributed by atoms with E-state index in [4.69, 9.17) is 4.98 Å². The first kappa shape index (κ1) is 16.8. The second-order valence-corrected chi connectivity index (χ2v) is 8.22. The van der Waals surface area contributed by atoms with Gasteiger partial charge in [0.05, 0.1) is 0 Å². The lowest BCUT2D eigenvalue weighted by Gasteiger charge is -2.36. The molecule has 2 aromatic rings. The smallest absolute Gasteiger partial charge is 0.253 e. The SMILES string of the molecule is Cc1cc(C2CC2)cnc1N1CCN(C(=O)c2ccc(I)cc2)CC1. The van der Waals surface area contributed by atoms with E-state index in [0.29, 0.717) is 0 Å². The minimum absolute atomic E-state index is 0.129. The van der Waals surface area contributed by atoms with Crippen LogP contribution in [0.1, 0.15) is 40.2 Å². The van der Waals surface area contributed by atoms with Crippen LogP contribution in [-0.4, -0.2) is 42.0 Å². The first-order valence-corrected chi connectivity index (χ1v) is 9.96. The zero-order valence-corrected chi connectivity index (χ0v) is 16.6. The molecule has 4 nitrogen and oxygen atoms in total. The largest absolute Gasteiger partial charge is 0.353 e. The molecule has 4 rings (SSSR count). The summed E-state index contributed by atoms with van der Waals surface area (Å²) < 4.78 is 1.15. The van der Waals surface area contributed by atoms with Crippen molar-refractivity contribution in [1.82, 2.24) is 9.88 Å². The van der Waals surface area contributed by atoms with Crippen LogP contribution >= 0.6 is 22.6 Å². The number of carbonyl (C=O) groups is 1. The first-order valence-electron chi connectivity index (χ1n) is 8.88. The van der Waals surface area contributed by atoms with Gasteiger partial charge in [0.25, 0.3) is 5.91 Å². The van der Waals surface area contributed by atoms with Crippen LogP contribution in [0.3, 0.4) is 0 Å². The zero-order chi connectivity index (χ0) is 17.4. The zero-order valence-electron chi connectivity index (χ0n) is 14.4. The number of aromatic nitrogens is 1. The summed E-state index contributed by atoms with van der Waals surface area (Å²) in [6, 6.07) is 10.1. The van der Waals surface area contributed by atoms with E-state index >= 15 is 0 Å². The number of amides is 1. The maximum atomic E-state index is 12.6. The predicted molar refractivity (Wildman–Crippen MR) is 108 cm³/mol. The molecule has 2 heterocycles. The number of anilines is 1. The van der Waals surface area contributed by atoms with Gasteiger partial charge in [-0.25, -0.2) is 4.98 Å². The molecule has 130 valence electrons. The standard InChI is InChI=1S/C20H22IN3O/c1-14-12-17(15-2-3-15)13-22-19(14)23-8-10-24(11-9-23)20(25)16-4-6-18(21)7-5-16/h4-7,12-13,15H,2-3,8-11H2,1H3. The van der Waals surface area contributed by atoms with Crippen LogP contribution in [0.15, 0.2) is 36.5 Å². The highest BCUT2D eigenvalue weighted by Crippen LogP contribution is 2.40. The molecule has 2 fully saturated rings. The predicted octanol–water partition coefficient (Wildman–Crippen LogP) is 3.83. The number of benzene rings is 1. The average molecular weight is 447 g/mol. The summed E-state index contributed by atoms with van der Waals surface area (Å²) in [6.45, 7) is 5.32. The summed E-state index contributed by atoms with van der Waals surface area (Å²) in [5.41, 5.74) is 3.41. The van der Waals surface area contributed by atoms with Gasteiger partial charge in [0.1, 0.15) is 5.82 Å². The molecule has 1 aromatic carbocycles. The quantitative estimate of drug-likeness (QED) is 0.672. The molecular formula is C20H22IN3O. The summed E-state index contributed by atoms with van der Waals surface area (Å²) >= 11 is 2.26. The molecule has 1 saturated heterocycles. The maximum Gasteiger partial charge on any atom is 0.253 e. The van der Waals surface area contributed by atoms with Crippen molar-refractivity contribution in [2.75, 3.05) is 31.1 Å². The van der Waals surface area contributed by atoms with Crippen molar-refractivity contribution >= 4 is 34.3 Å². The Morgan fingerprint density at radius 3 is 2.40 bits per heavy atom. The lowest BCUT2D eigenvalue weighted by molar-refractivity contribution is 0.0746. The van der Waals surface area contributed by atoms with Crippen LogP contribution in [0.4, 0.5) is 5.82 Å². The Bertz CT molecular complexity index is 778. The Kier molecular flexibility index (Phi) is 4.67. The van der Waals surface area contributed by atoms with E-state index in [1.165, 1.54) is 24.0 Å². The molecule has 2 aliphatic rings. The molecule has 1 aromatic heterocycles. The number of carbonyl (C=O) groups excluding carboxylic acids is 1. The first-order chi connectivity index (χ1) is 12.1. The monoisotopic (exact) mass is 447 g/mol. The third-order valence-electron chi connectivity index (χ3n) is 5.08. The van der Waals surface area contributed by atoms with Crippen LogP contribution < -0.4 is 4.90 Å². The summed E-state index contributed by atoms with van der Waals surface area (Å²) in [7, 11) is 0. The molecule has 0 bridgehead atoms. The van der Waals surface area contributed by atoms with E-state index < -0.39 is 0 Å². The summed E-state index contributed by atoms with van der Waals surface area (Å²) in [5.74, 6) is 1.94. The number of halogens is 1. The third kappa shape index (κ3) is 3.66. The number of piperazine rings is 1. The highest BCUT2D eigenvalue weighted by atomic mass is 127. The van der Waals surface area contributed by atoms with Gasteiger partial charge in [-0.05, 0) is 83.7 Å². The number of pyridine rings is 1. The van der Waals surface area contributed by atoms with Crippen molar-refractivity contribution in [2.45, 2.75) is 25.7 Å². The molecule has 0 radical (unpaired) electrons. The van der Waals surface area contributed by atoms with Crippen molar-refractivity contribution in [3.8, 4) is 0 Å². The molecule has 0 atom stereocenters. The molecule has 0 N–H and O–H groups in total. The molecule has 0 unspecified atom stereocenters. The Labute approximate surface area is 162 Å². The molecule has 1 saturated carbocycles. The van der Waals surface area contributed by atoms with Gasteiger partial charge in [0.2, 0.25) is 0 Å². The van der Waals surface area contributed by atoms with Gasteiger partial charge in [-0.2, -0.15) is 0 Å². The fourth-order valence-electron chi connectivity index (χ4n) is 3.46. The minimum atomic E-state index is 0.129. The number of rotatable bonds is 3. The van der Waals surface area contributed by atoms with Crippen LogP contribution in [0, 0.1) is 10.5 Å². The van der Waals surface area contributed by atoms with Crippen molar-refractivity contribution in [2.24, 2.45) is 0 Å². The van der Waals surface area contributed by atoms with Gasteiger partial charge in [0, 0.05) is 41.5 Å². The van der Waals surface area contributed by atoms with Crippen molar-refractivity contribution in [3.63, 3.8) is 0 Å². The van der Waals surface area contributed by atoms with Gasteiger partial charge in [0.15, 0.2) is 0 Å². The van der Waals surface area contributed by atoms with Gasteiger partial charge in [-0.3, -0.25) is 4.79 Å². The molecule has 0 spiro atoms. The highest BCUT2D eigenvalue weighted by Gasteiger charge is 2.26. The van der Waals surface area contributed by atoms with Crippen LogP contribution in [0.2, 0.25) is 0 Å². The van der Waals surface area contributed by atoms with Gasteiger partial charge < -0.3 is 9.80 Å². The van der Waals surface area contributed by atoms with Crippen molar-refractivity contribution < 1.29 is 4.79 Å². The Balaban J connectivity index is 1.41. The van der Waals surface area contributed by atoms with Gasteiger partial charge >= 0.3 is 0 Å². The molecule has 5 heteroatoms. The fraction of sp³-hybridized carbons (Fsp3) is 0.400. The van der Waals surface area contributed by atoms with E-state index in [1.54, 1.807) is 0 Å². The van der Waals surface area contributed by atoms with E-state index in [9.17, 15) is 4.79 Å². The van der Waals surface area contributed by atoms with E-state index in [2.05, 4.69) is 40.5 Å². The lowest BCUT2D eigenvalue weighted by atomic mass is 10.1. The fourth-order valence-corrected chi connectivity index (χ4v) is 3.82. The highest BCUT2D eigenvalue weighted by molar-refractivity contribution is 14.1. The van der Waals surface area contributed by atoms with E-state index in [0.717, 1.165) is 47.0 Å². The number of hydrogen-bond donors (Lipinski definition) is 0. The van der Waals surface area contributed by atoms with Gasteiger partial charge in [-0.1, -0.05) is 6.07 Å². The van der Waals surface area contributed by atoms with Gasteiger partial charge in [-0.15, -0.1) is 0 Å². The number of nitrogens with zero attached hydrogens (tertiary/aromatic N) is 3. The summed E-state index contributed by atoms with van der Waals surface area (Å²) in [5, 5.41) is 0. The second kappa shape index (κ2) is 6.94. The van der Waals surface area contributed by atoms with Crippen LogP contribution in [0.5, 0.6) is 0 Å². The maximum absolute atomic E-state index is 12.6. The van der Waals surface area contributed by atoms with Crippen LogP contribution in [0.25, 0.3) is 0 Å². The van der Waals surface area contributed by atoms with Crippen LogP contribution in [-0.2, 0) is 0 Å². The Morgan fingerprint density at radius 2 is 1.80 bits per heavy atom. The minimum Gasteiger partial charge on any atom is -0.353 e.